The number of pyridine rings is 1. The van der Waals surface area contributed by atoms with Gasteiger partial charge in [0.15, 0.2) is 0 Å². The molecule has 0 radical (unpaired) electrons. The summed E-state index contributed by atoms with van der Waals surface area (Å²) in [6.45, 7) is 7.06. The Labute approximate surface area is 177 Å². The summed E-state index contributed by atoms with van der Waals surface area (Å²) >= 11 is 0. The second-order valence-corrected chi connectivity index (χ2v) is 9.16. The van der Waals surface area contributed by atoms with Gasteiger partial charge in [-0.1, -0.05) is 24.6 Å². The number of benzene rings is 1. The lowest BCUT2D eigenvalue weighted by Gasteiger charge is -2.28. The first kappa shape index (κ1) is 19.3. The number of aromatic nitrogens is 3. The summed E-state index contributed by atoms with van der Waals surface area (Å²) < 4.78 is 1.92. The van der Waals surface area contributed by atoms with Gasteiger partial charge >= 0.3 is 0 Å². The molecule has 30 heavy (non-hydrogen) atoms. The van der Waals surface area contributed by atoms with Gasteiger partial charge in [0.1, 0.15) is 0 Å². The Kier molecular flexibility index (Phi) is 4.84. The van der Waals surface area contributed by atoms with Gasteiger partial charge in [-0.25, -0.2) is 4.98 Å². The Morgan fingerprint density at radius 1 is 1.27 bits per heavy atom. The van der Waals surface area contributed by atoms with Crippen molar-refractivity contribution in [1.82, 2.24) is 20.1 Å². The number of rotatable bonds is 5. The number of nitrogens with zero attached hydrogens (tertiary/aromatic N) is 3. The molecule has 2 saturated carbocycles. The number of fused-ring (bicyclic) bond motifs is 3. The Hall–Kier alpha value is -2.69. The Bertz CT molecular complexity index is 1100. The molecule has 5 rings (SSSR count). The minimum absolute atomic E-state index is 0.00524. The first-order valence-corrected chi connectivity index (χ1v) is 11.3. The molecule has 1 aromatic carbocycles. The number of aryl methyl sites for hydroxylation is 2. The highest BCUT2D eigenvalue weighted by Gasteiger charge is 2.42. The van der Waals surface area contributed by atoms with E-state index in [1.54, 1.807) is 0 Å². The first-order chi connectivity index (χ1) is 14.5. The normalized spacial score (nSPS) is 23.8. The second-order valence-electron chi connectivity index (χ2n) is 9.16. The lowest BCUT2D eigenvalue weighted by atomic mass is 9.84. The summed E-state index contributed by atoms with van der Waals surface area (Å²) in [7, 11) is 0. The molecule has 2 aromatic heterocycles. The number of amides is 1. The number of carbonyl (C=O) groups excluding carboxylic acids is 1. The van der Waals surface area contributed by atoms with Crippen molar-refractivity contribution in [2.24, 2.45) is 17.8 Å². The molecule has 2 aliphatic rings. The summed E-state index contributed by atoms with van der Waals surface area (Å²) in [5, 5.41) is 8.80. The van der Waals surface area contributed by atoms with Crippen molar-refractivity contribution in [1.29, 1.82) is 0 Å². The van der Waals surface area contributed by atoms with Crippen LogP contribution in [0.4, 0.5) is 0 Å². The molecule has 2 bridgehead atoms. The van der Waals surface area contributed by atoms with Crippen LogP contribution in [0.15, 0.2) is 36.5 Å². The van der Waals surface area contributed by atoms with Crippen molar-refractivity contribution in [3.63, 3.8) is 0 Å². The van der Waals surface area contributed by atoms with Crippen LogP contribution in [0, 0.1) is 24.7 Å². The van der Waals surface area contributed by atoms with Gasteiger partial charge in [0, 0.05) is 29.7 Å². The Balaban J connectivity index is 1.49. The van der Waals surface area contributed by atoms with Crippen molar-refractivity contribution in [3.8, 4) is 11.3 Å². The minimum Gasteiger partial charge on any atom is -0.349 e. The molecule has 4 atom stereocenters. The van der Waals surface area contributed by atoms with E-state index < -0.39 is 0 Å². The van der Waals surface area contributed by atoms with Crippen LogP contribution in [-0.4, -0.2) is 26.7 Å². The second kappa shape index (κ2) is 7.53. The lowest BCUT2D eigenvalue weighted by Crippen LogP contribution is -2.40. The van der Waals surface area contributed by atoms with E-state index >= 15 is 0 Å². The molecule has 0 aliphatic heterocycles. The summed E-state index contributed by atoms with van der Waals surface area (Å²) in [4.78, 5) is 18.3. The average Bonchev–Trinajstić information content (AvgIpc) is 3.48. The number of nitrogens with one attached hydrogen (secondary N) is 1. The topological polar surface area (TPSA) is 59.8 Å². The highest BCUT2D eigenvalue weighted by atomic mass is 16.1. The highest BCUT2D eigenvalue weighted by Crippen LogP contribution is 2.49. The van der Waals surface area contributed by atoms with Gasteiger partial charge in [-0.2, -0.15) is 5.10 Å². The van der Waals surface area contributed by atoms with E-state index in [-0.39, 0.29) is 11.9 Å². The van der Waals surface area contributed by atoms with Crippen molar-refractivity contribution >= 4 is 16.8 Å². The van der Waals surface area contributed by atoms with Crippen LogP contribution in [0.5, 0.6) is 0 Å². The van der Waals surface area contributed by atoms with E-state index in [2.05, 4.69) is 24.3 Å². The van der Waals surface area contributed by atoms with Crippen LogP contribution in [-0.2, 0) is 6.54 Å². The molecule has 1 N–H and O–H groups in total. The number of hydrogen-bond donors (Lipinski definition) is 1. The molecule has 2 fully saturated rings. The van der Waals surface area contributed by atoms with E-state index in [9.17, 15) is 4.79 Å². The van der Waals surface area contributed by atoms with Crippen LogP contribution in [0.3, 0.4) is 0 Å². The van der Waals surface area contributed by atoms with Gasteiger partial charge in [0.2, 0.25) is 0 Å². The van der Waals surface area contributed by atoms with Gasteiger partial charge in [-0.3, -0.25) is 9.48 Å². The molecule has 3 aromatic rings. The van der Waals surface area contributed by atoms with E-state index in [1.807, 2.05) is 48.1 Å². The third kappa shape index (κ3) is 3.30. The quantitative estimate of drug-likeness (QED) is 0.655. The SMILES string of the molecule is CCn1cc(-c2cc(C(=O)N[C@@H](C)[C@H]3C[C@@H]4CC[C@@H]3C4)c3ccccc3n2)c(C)n1. The predicted molar refractivity (Wildman–Crippen MR) is 119 cm³/mol. The summed E-state index contributed by atoms with van der Waals surface area (Å²) in [5.41, 5.74) is 4.27. The maximum absolute atomic E-state index is 13.4. The average molecular weight is 403 g/mol. The Morgan fingerprint density at radius 3 is 2.80 bits per heavy atom. The first-order valence-electron chi connectivity index (χ1n) is 11.3. The van der Waals surface area contributed by atoms with Crippen LogP contribution >= 0.6 is 0 Å². The van der Waals surface area contributed by atoms with Gasteiger partial charge in [-0.15, -0.1) is 0 Å². The number of carbonyl (C=O) groups is 1. The monoisotopic (exact) mass is 402 g/mol. The van der Waals surface area contributed by atoms with Crippen LogP contribution in [0.25, 0.3) is 22.2 Å². The maximum atomic E-state index is 13.4. The van der Waals surface area contributed by atoms with Crippen molar-refractivity contribution in [2.45, 2.75) is 59.0 Å². The van der Waals surface area contributed by atoms with Crippen LogP contribution < -0.4 is 5.32 Å². The zero-order valence-corrected chi connectivity index (χ0v) is 18.1. The molecule has 1 amide bonds. The fourth-order valence-electron chi connectivity index (χ4n) is 5.73. The summed E-state index contributed by atoms with van der Waals surface area (Å²) in [6.07, 6.45) is 7.35. The summed E-state index contributed by atoms with van der Waals surface area (Å²) in [6, 6.07) is 10.1. The zero-order valence-electron chi connectivity index (χ0n) is 18.1. The maximum Gasteiger partial charge on any atom is 0.252 e. The van der Waals surface area contributed by atoms with Gasteiger partial charge in [-0.05, 0) is 69.9 Å². The number of hydrogen-bond acceptors (Lipinski definition) is 3. The predicted octanol–water partition coefficient (Wildman–Crippen LogP) is 4.98. The van der Waals surface area contributed by atoms with Crippen molar-refractivity contribution < 1.29 is 4.79 Å². The fraction of sp³-hybridized carbons (Fsp3) is 0.480. The fourth-order valence-corrected chi connectivity index (χ4v) is 5.73. The molecule has 5 nitrogen and oxygen atoms in total. The molecule has 0 unspecified atom stereocenters. The third-order valence-electron chi connectivity index (χ3n) is 7.30. The summed E-state index contributed by atoms with van der Waals surface area (Å²) in [5.74, 6) is 2.29. The molecular formula is C25H30N4O. The van der Waals surface area contributed by atoms with Gasteiger partial charge < -0.3 is 5.32 Å². The largest absolute Gasteiger partial charge is 0.349 e. The molecule has 156 valence electrons. The van der Waals surface area contributed by atoms with Gasteiger partial charge in [0.05, 0.1) is 22.5 Å². The molecule has 0 spiro atoms. The molecule has 0 saturated heterocycles. The standard InChI is InChI=1S/C25H30N4O/c1-4-29-14-22(16(3)28-29)24-13-21(19-7-5-6-8-23(19)27-24)25(30)26-15(2)20-12-17-9-10-18(20)11-17/h5-8,13-15,17-18,20H,4,9-12H2,1-3H3,(H,26,30)/t15-,17+,18+,20+/m0/s1. The lowest BCUT2D eigenvalue weighted by molar-refractivity contribution is 0.0917. The van der Waals surface area contributed by atoms with Crippen LogP contribution in [0.1, 0.15) is 55.6 Å². The zero-order chi connectivity index (χ0) is 20.8. The number of para-hydroxylation sites is 1. The van der Waals surface area contributed by atoms with Crippen molar-refractivity contribution in [2.75, 3.05) is 0 Å². The third-order valence-corrected chi connectivity index (χ3v) is 7.30. The van der Waals surface area contributed by atoms with Gasteiger partial charge in [0.25, 0.3) is 5.91 Å². The minimum atomic E-state index is 0.00524. The Morgan fingerprint density at radius 2 is 2.10 bits per heavy atom. The van der Waals surface area contributed by atoms with E-state index in [4.69, 9.17) is 4.98 Å². The van der Waals surface area contributed by atoms with E-state index in [0.717, 1.165) is 46.2 Å². The van der Waals surface area contributed by atoms with Crippen LogP contribution in [0.2, 0.25) is 0 Å². The molecular weight excluding hydrogens is 372 g/mol. The highest BCUT2D eigenvalue weighted by molar-refractivity contribution is 6.07. The van der Waals surface area contributed by atoms with E-state index in [1.165, 1.54) is 25.7 Å². The molecule has 2 aliphatic carbocycles. The molecule has 2 heterocycles. The smallest absolute Gasteiger partial charge is 0.252 e. The molecule has 5 heteroatoms. The van der Waals surface area contributed by atoms with E-state index in [0.29, 0.717) is 11.5 Å². The van der Waals surface area contributed by atoms with Crippen molar-refractivity contribution in [3.05, 3.63) is 47.8 Å².